The Morgan fingerprint density at radius 3 is 1.51 bits per heavy atom. The van der Waals surface area contributed by atoms with E-state index in [4.69, 9.17) is 14.7 Å². The van der Waals surface area contributed by atoms with Gasteiger partial charge in [-0.25, -0.2) is 9.97 Å². The Bertz CT molecular complexity index is 2880. The molecule has 4 aromatic heterocycles. The zero-order valence-electron chi connectivity index (χ0n) is 28.8. The molecule has 11 rings (SSSR count). The van der Waals surface area contributed by atoms with Gasteiger partial charge in [-0.2, -0.15) is 0 Å². The lowest BCUT2D eigenvalue weighted by Crippen LogP contribution is -2.56. The van der Waals surface area contributed by atoms with Gasteiger partial charge in [0.2, 0.25) is 11.6 Å². The van der Waals surface area contributed by atoms with Gasteiger partial charge in [0, 0.05) is 16.9 Å². The second-order valence-electron chi connectivity index (χ2n) is 14.8. The van der Waals surface area contributed by atoms with Gasteiger partial charge < -0.3 is 4.74 Å². The van der Waals surface area contributed by atoms with Gasteiger partial charge in [-0.3, -0.25) is 17.9 Å². The minimum atomic E-state index is -2.29. The summed E-state index contributed by atoms with van der Waals surface area (Å²) in [6.45, 7) is 9.78. The van der Waals surface area contributed by atoms with Gasteiger partial charge in [0.1, 0.15) is 11.5 Å². The van der Waals surface area contributed by atoms with E-state index in [9.17, 15) is 0 Å². The van der Waals surface area contributed by atoms with E-state index in [1.165, 1.54) is 10.8 Å². The summed E-state index contributed by atoms with van der Waals surface area (Å²) in [6.07, 6.45) is 0. The molecule has 8 heteroatoms. The Labute approximate surface area is 294 Å². The predicted molar refractivity (Wildman–Crippen MR) is 209 cm³/mol. The Hall–Kier alpha value is -6.12. The summed E-state index contributed by atoms with van der Waals surface area (Å²) < 4.78 is 16.1. The maximum atomic E-state index is 6.94. The smallest absolute Gasteiger partial charge is 0.220 e. The number of benzene rings is 6. The van der Waals surface area contributed by atoms with Crippen LogP contribution in [0.3, 0.4) is 0 Å². The van der Waals surface area contributed by atoms with E-state index in [1.807, 2.05) is 0 Å². The molecule has 51 heavy (non-hydrogen) atoms. The number of aromatic nitrogens is 6. The van der Waals surface area contributed by atoms with Crippen LogP contribution in [0.1, 0.15) is 19.4 Å². The number of fused-ring (bicyclic) bond motifs is 12. The maximum absolute atomic E-state index is 6.94. The number of nitrogens with zero attached hydrogens (tertiary/aromatic N) is 6. The highest BCUT2D eigenvalue weighted by atomic mass is 28.3. The SMILES string of the molecule is CC1(C)c2cc(-n3c4ccccc4n4c5ccccc5nc34)ccc2Oc2ccc(-n3c4ccccc4n4c5ccccc5nc34)cc2[Si]1(C)C. The van der Waals surface area contributed by atoms with Crippen LogP contribution in [0.25, 0.3) is 67.1 Å². The maximum Gasteiger partial charge on any atom is 0.220 e. The number of rotatable bonds is 2. The van der Waals surface area contributed by atoms with Crippen molar-refractivity contribution >= 4 is 68.9 Å². The Morgan fingerprint density at radius 2 is 0.961 bits per heavy atom. The average molecular weight is 679 g/mol. The zero-order chi connectivity index (χ0) is 34.2. The van der Waals surface area contributed by atoms with Crippen molar-refractivity contribution in [1.82, 2.24) is 27.9 Å². The van der Waals surface area contributed by atoms with Crippen molar-refractivity contribution in [2.75, 3.05) is 0 Å². The third-order valence-corrected chi connectivity index (χ3v) is 16.9. The number of hydrogen-bond acceptors (Lipinski definition) is 3. The summed E-state index contributed by atoms with van der Waals surface area (Å²) in [5.41, 5.74) is 12.1. The van der Waals surface area contributed by atoms with E-state index >= 15 is 0 Å². The zero-order valence-corrected chi connectivity index (χ0v) is 29.8. The standard InChI is InChI=1S/C43H34N6OSi/c1-43(2)29-25-27(46-34-17-9-11-19-36(34)48-32-15-7-5-13-30(32)44-41(46)48)21-23-38(29)50-39-24-22-28(26-40(39)51(43,3)4)47-35-18-10-12-20-37(35)49-33-16-8-6-14-31(33)45-42(47)49/h5-26H,1-4H3. The van der Waals surface area contributed by atoms with Gasteiger partial charge in [0.05, 0.1) is 52.2 Å². The van der Waals surface area contributed by atoms with Gasteiger partial charge in [0.15, 0.2) is 0 Å². The van der Waals surface area contributed by atoms with Crippen LogP contribution < -0.4 is 9.92 Å². The lowest BCUT2D eigenvalue weighted by atomic mass is 10.00. The molecular weight excluding hydrogens is 645 g/mol. The minimum Gasteiger partial charge on any atom is -0.457 e. The molecule has 6 aromatic carbocycles. The molecular formula is C43H34N6OSi. The molecule has 7 nitrogen and oxygen atoms in total. The van der Waals surface area contributed by atoms with Crippen molar-refractivity contribution in [3.05, 3.63) is 139 Å². The molecule has 0 amide bonds. The fourth-order valence-electron chi connectivity index (χ4n) is 8.47. The lowest BCUT2D eigenvalue weighted by molar-refractivity contribution is 0.476. The Balaban J connectivity index is 1.10. The first-order valence-electron chi connectivity index (χ1n) is 17.5. The van der Waals surface area contributed by atoms with E-state index in [2.05, 4.69) is 178 Å². The second kappa shape index (κ2) is 9.77. The van der Waals surface area contributed by atoms with Gasteiger partial charge in [-0.15, -0.1) is 0 Å². The van der Waals surface area contributed by atoms with Crippen LogP contribution in [0, 0.1) is 0 Å². The molecule has 10 aromatic rings. The summed E-state index contributed by atoms with van der Waals surface area (Å²) in [5, 5.41) is 1.11. The topological polar surface area (TPSA) is 53.7 Å². The molecule has 0 fully saturated rings. The predicted octanol–water partition coefficient (Wildman–Crippen LogP) is 9.71. The first kappa shape index (κ1) is 28.7. The van der Waals surface area contributed by atoms with Crippen LogP contribution in [-0.2, 0) is 5.04 Å². The van der Waals surface area contributed by atoms with E-state index < -0.39 is 8.07 Å². The van der Waals surface area contributed by atoms with Gasteiger partial charge in [-0.1, -0.05) is 75.5 Å². The molecule has 1 aliphatic heterocycles. The molecule has 1 aliphatic rings. The summed E-state index contributed by atoms with van der Waals surface area (Å²) in [6, 6.07) is 47.3. The highest BCUT2D eigenvalue weighted by Crippen LogP contribution is 2.46. The monoisotopic (exact) mass is 678 g/mol. The highest BCUT2D eigenvalue weighted by Gasteiger charge is 2.47. The molecule has 246 valence electrons. The van der Waals surface area contributed by atoms with Crippen molar-refractivity contribution < 1.29 is 4.74 Å². The summed E-state index contributed by atoms with van der Waals surface area (Å²) in [7, 11) is -2.29. The van der Waals surface area contributed by atoms with Crippen molar-refractivity contribution in [1.29, 1.82) is 0 Å². The molecule has 0 saturated heterocycles. The highest BCUT2D eigenvalue weighted by molar-refractivity contribution is 6.92. The molecule has 0 saturated carbocycles. The van der Waals surface area contributed by atoms with Crippen LogP contribution >= 0.6 is 0 Å². The van der Waals surface area contributed by atoms with E-state index in [-0.39, 0.29) is 5.04 Å². The van der Waals surface area contributed by atoms with E-state index in [1.54, 1.807) is 0 Å². The average Bonchev–Trinajstić information content (AvgIpc) is 3.87. The molecule has 0 spiro atoms. The third kappa shape index (κ3) is 3.67. The van der Waals surface area contributed by atoms with E-state index in [0.717, 1.165) is 78.6 Å². The molecule has 0 bridgehead atoms. The van der Waals surface area contributed by atoms with Crippen LogP contribution in [0.15, 0.2) is 133 Å². The lowest BCUT2D eigenvalue weighted by Gasteiger charge is -2.40. The van der Waals surface area contributed by atoms with Gasteiger partial charge in [0.25, 0.3) is 0 Å². The normalized spacial score (nSPS) is 15.1. The van der Waals surface area contributed by atoms with Crippen LogP contribution in [0.4, 0.5) is 0 Å². The quantitative estimate of drug-likeness (QED) is 0.171. The number of hydrogen-bond donors (Lipinski definition) is 0. The van der Waals surface area contributed by atoms with Crippen molar-refractivity contribution in [3.8, 4) is 22.9 Å². The van der Waals surface area contributed by atoms with Crippen molar-refractivity contribution in [3.63, 3.8) is 0 Å². The fraction of sp³-hybridized carbons (Fsp3) is 0.116. The van der Waals surface area contributed by atoms with Crippen LogP contribution in [0.5, 0.6) is 11.5 Å². The molecule has 5 heterocycles. The first-order valence-corrected chi connectivity index (χ1v) is 20.5. The third-order valence-electron chi connectivity index (χ3n) is 11.8. The fourth-order valence-corrected chi connectivity index (χ4v) is 11.3. The first-order chi connectivity index (χ1) is 24.8. The second-order valence-corrected chi connectivity index (χ2v) is 19.9. The van der Waals surface area contributed by atoms with Crippen LogP contribution in [-0.4, -0.2) is 36.0 Å². The molecule has 0 unspecified atom stereocenters. The largest absolute Gasteiger partial charge is 0.457 e. The Kier molecular flexibility index (Phi) is 5.49. The van der Waals surface area contributed by atoms with Crippen LogP contribution in [0.2, 0.25) is 13.1 Å². The number of imidazole rings is 4. The Morgan fingerprint density at radius 1 is 0.510 bits per heavy atom. The van der Waals surface area contributed by atoms with Gasteiger partial charge in [-0.05, 0) is 95.2 Å². The van der Waals surface area contributed by atoms with E-state index in [0.29, 0.717) is 0 Å². The summed E-state index contributed by atoms with van der Waals surface area (Å²) in [5.74, 6) is 3.66. The van der Waals surface area contributed by atoms with Gasteiger partial charge >= 0.3 is 0 Å². The number of ether oxygens (including phenoxy) is 1. The summed E-state index contributed by atoms with van der Waals surface area (Å²) in [4.78, 5) is 10.3. The molecule has 0 aliphatic carbocycles. The van der Waals surface area contributed by atoms with Crippen molar-refractivity contribution in [2.45, 2.75) is 32.0 Å². The molecule has 0 atom stereocenters. The molecule has 0 radical (unpaired) electrons. The molecule has 0 N–H and O–H groups in total. The van der Waals surface area contributed by atoms with Crippen molar-refractivity contribution in [2.24, 2.45) is 0 Å². The summed E-state index contributed by atoms with van der Waals surface area (Å²) >= 11 is 0. The minimum absolute atomic E-state index is 0.183. The number of para-hydroxylation sites is 8.